The van der Waals surface area contributed by atoms with E-state index >= 15 is 0 Å². The highest BCUT2D eigenvalue weighted by Crippen LogP contribution is 2.36. The molecule has 2 aliphatic rings. The number of piperidine rings is 1. The number of amides is 1. The summed E-state index contributed by atoms with van der Waals surface area (Å²) in [4.78, 5) is 17.9. The van der Waals surface area contributed by atoms with Crippen LogP contribution in [-0.4, -0.2) is 60.8 Å². The van der Waals surface area contributed by atoms with Gasteiger partial charge in [0.25, 0.3) is 0 Å². The maximum atomic E-state index is 11.3. The fourth-order valence-electron chi connectivity index (χ4n) is 3.53. The third kappa shape index (κ3) is 4.28. The molecule has 0 aromatic carbocycles. The van der Waals surface area contributed by atoms with Crippen molar-refractivity contribution in [1.82, 2.24) is 15.2 Å². The van der Waals surface area contributed by atoms with Gasteiger partial charge in [-0.25, -0.2) is 0 Å². The van der Waals surface area contributed by atoms with Crippen LogP contribution in [0.15, 0.2) is 24.5 Å². The molecule has 1 amide bonds. The normalized spacial score (nSPS) is 28.1. The lowest BCUT2D eigenvalue weighted by Gasteiger charge is -2.39. The predicted octanol–water partition coefficient (Wildman–Crippen LogP) is 0.968. The standard InChI is InChI=1S/C17H25N3O3/c1-18-16(21)12-22-15-8-17(23-11-15)5-3-7-20(13-17)10-14-4-2-6-19-9-14/h2,4,6,9,15H,3,5,7-8,10-13H2,1H3,(H,18,21)/t15-,17+/m0/s1. The van der Waals surface area contributed by atoms with E-state index < -0.39 is 0 Å². The molecule has 1 aromatic rings. The minimum Gasteiger partial charge on any atom is -0.371 e. The number of aromatic nitrogens is 1. The van der Waals surface area contributed by atoms with E-state index in [-0.39, 0.29) is 24.2 Å². The number of hydrogen-bond donors (Lipinski definition) is 1. The van der Waals surface area contributed by atoms with Crippen molar-refractivity contribution in [1.29, 1.82) is 0 Å². The summed E-state index contributed by atoms with van der Waals surface area (Å²) in [5.41, 5.74) is 1.11. The molecular formula is C17H25N3O3. The Hall–Kier alpha value is -1.50. The topological polar surface area (TPSA) is 63.7 Å². The second-order valence-corrected chi connectivity index (χ2v) is 6.48. The van der Waals surface area contributed by atoms with Crippen LogP contribution in [0, 0.1) is 0 Å². The first-order valence-electron chi connectivity index (χ1n) is 8.26. The van der Waals surface area contributed by atoms with E-state index in [4.69, 9.17) is 9.47 Å². The number of likely N-dealkylation sites (tertiary alicyclic amines) is 1. The molecule has 3 heterocycles. The quantitative estimate of drug-likeness (QED) is 0.876. The summed E-state index contributed by atoms with van der Waals surface area (Å²) in [7, 11) is 1.62. The van der Waals surface area contributed by atoms with Crippen molar-refractivity contribution in [2.75, 3.05) is 33.4 Å². The van der Waals surface area contributed by atoms with Gasteiger partial charge < -0.3 is 14.8 Å². The highest BCUT2D eigenvalue weighted by Gasteiger charge is 2.43. The fraction of sp³-hybridized carbons (Fsp3) is 0.647. The van der Waals surface area contributed by atoms with Gasteiger partial charge in [-0.15, -0.1) is 0 Å². The van der Waals surface area contributed by atoms with Crippen LogP contribution in [0.4, 0.5) is 0 Å². The van der Waals surface area contributed by atoms with Crippen molar-refractivity contribution in [2.45, 2.75) is 37.5 Å². The van der Waals surface area contributed by atoms with Crippen LogP contribution in [0.3, 0.4) is 0 Å². The second-order valence-electron chi connectivity index (χ2n) is 6.48. The largest absolute Gasteiger partial charge is 0.371 e. The molecule has 23 heavy (non-hydrogen) atoms. The average Bonchev–Trinajstić information content (AvgIpc) is 2.96. The Balaban J connectivity index is 1.53. The molecule has 0 aliphatic carbocycles. The number of hydrogen-bond acceptors (Lipinski definition) is 5. The van der Waals surface area contributed by atoms with Crippen LogP contribution in [0.1, 0.15) is 24.8 Å². The maximum absolute atomic E-state index is 11.3. The van der Waals surface area contributed by atoms with Crippen molar-refractivity contribution in [3.8, 4) is 0 Å². The maximum Gasteiger partial charge on any atom is 0.245 e. The number of likely N-dealkylation sites (N-methyl/N-ethyl adjacent to an activating group) is 1. The molecule has 0 unspecified atom stereocenters. The molecule has 6 heteroatoms. The lowest BCUT2D eigenvalue weighted by Crippen LogP contribution is -2.47. The van der Waals surface area contributed by atoms with Gasteiger partial charge in [0, 0.05) is 39.0 Å². The summed E-state index contributed by atoms with van der Waals surface area (Å²) >= 11 is 0. The van der Waals surface area contributed by atoms with E-state index in [1.54, 1.807) is 13.2 Å². The zero-order chi connectivity index (χ0) is 16.1. The molecule has 0 radical (unpaired) electrons. The number of nitrogens with one attached hydrogen (secondary N) is 1. The first-order chi connectivity index (χ1) is 11.2. The minimum atomic E-state index is -0.117. The zero-order valence-electron chi connectivity index (χ0n) is 13.7. The molecule has 126 valence electrons. The van der Waals surface area contributed by atoms with E-state index in [9.17, 15) is 4.79 Å². The summed E-state index contributed by atoms with van der Waals surface area (Å²) in [5.74, 6) is -0.0900. The number of nitrogens with zero attached hydrogens (tertiary/aromatic N) is 2. The van der Waals surface area contributed by atoms with Crippen molar-refractivity contribution >= 4 is 5.91 Å². The summed E-state index contributed by atoms with van der Waals surface area (Å²) < 4.78 is 11.8. The van der Waals surface area contributed by atoms with Crippen LogP contribution in [-0.2, 0) is 20.8 Å². The highest BCUT2D eigenvalue weighted by atomic mass is 16.6. The van der Waals surface area contributed by atoms with Crippen molar-refractivity contribution in [3.05, 3.63) is 30.1 Å². The minimum absolute atomic E-state index is 0.0191. The molecule has 6 nitrogen and oxygen atoms in total. The molecule has 1 N–H and O–H groups in total. The smallest absolute Gasteiger partial charge is 0.245 e. The molecular weight excluding hydrogens is 294 g/mol. The van der Waals surface area contributed by atoms with Gasteiger partial charge in [0.1, 0.15) is 6.61 Å². The molecule has 3 rings (SSSR count). The summed E-state index contributed by atoms with van der Waals surface area (Å²) in [5, 5.41) is 2.58. The van der Waals surface area contributed by atoms with Gasteiger partial charge in [-0.2, -0.15) is 0 Å². The summed E-state index contributed by atoms with van der Waals surface area (Å²) in [6.45, 7) is 3.60. The summed E-state index contributed by atoms with van der Waals surface area (Å²) in [6.07, 6.45) is 6.80. The van der Waals surface area contributed by atoms with Gasteiger partial charge in [-0.05, 0) is 31.0 Å². The molecule has 2 saturated heterocycles. The molecule has 0 saturated carbocycles. The highest BCUT2D eigenvalue weighted by molar-refractivity contribution is 5.76. The van der Waals surface area contributed by atoms with Crippen molar-refractivity contribution in [3.63, 3.8) is 0 Å². The van der Waals surface area contributed by atoms with Gasteiger partial charge in [0.2, 0.25) is 5.91 Å². The monoisotopic (exact) mass is 319 g/mol. The van der Waals surface area contributed by atoms with Crippen molar-refractivity contribution in [2.24, 2.45) is 0 Å². The Labute approximate surface area is 137 Å². The molecule has 2 fully saturated rings. The molecule has 1 spiro atoms. The fourth-order valence-corrected chi connectivity index (χ4v) is 3.53. The van der Waals surface area contributed by atoms with E-state index in [2.05, 4.69) is 21.3 Å². The van der Waals surface area contributed by atoms with Gasteiger partial charge in [-0.3, -0.25) is 14.7 Å². The number of ether oxygens (including phenoxy) is 2. The third-order valence-corrected chi connectivity index (χ3v) is 4.65. The van der Waals surface area contributed by atoms with Crippen LogP contribution in [0.25, 0.3) is 0 Å². The van der Waals surface area contributed by atoms with Gasteiger partial charge >= 0.3 is 0 Å². The molecule has 1 aromatic heterocycles. The van der Waals surface area contributed by atoms with E-state index in [1.165, 1.54) is 5.56 Å². The third-order valence-electron chi connectivity index (χ3n) is 4.65. The lowest BCUT2D eigenvalue weighted by atomic mass is 9.89. The van der Waals surface area contributed by atoms with E-state index in [1.807, 2.05) is 12.3 Å². The number of carbonyl (C=O) groups excluding carboxylic acids is 1. The van der Waals surface area contributed by atoms with Gasteiger partial charge in [0.05, 0.1) is 18.3 Å². The van der Waals surface area contributed by atoms with Gasteiger partial charge in [0.15, 0.2) is 0 Å². The van der Waals surface area contributed by atoms with Crippen LogP contribution in [0.5, 0.6) is 0 Å². The first-order valence-corrected chi connectivity index (χ1v) is 8.26. The number of rotatable bonds is 5. The predicted molar refractivity (Wildman–Crippen MR) is 85.9 cm³/mol. The molecule has 2 atom stereocenters. The molecule has 0 bridgehead atoms. The van der Waals surface area contributed by atoms with Crippen LogP contribution >= 0.6 is 0 Å². The average molecular weight is 319 g/mol. The Morgan fingerprint density at radius 3 is 3.30 bits per heavy atom. The lowest BCUT2D eigenvalue weighted by molar-refractivity contribution is -0.127. The number of carbonyl (C=O) groups is 1. The SMILES string of the molecule is CNC(=O)CO[C@@H]1CO[C@]2(CCCN(Cc3cccnc3)C2)C1. The summed E-state index contributed by atoms with van der Waals surface area (Å²) in [6, 6.07) is 4.09. The zero-order valence-corrected chi connectivity index (χ0v) is 13.7. The Morgan fingerprint density at radius 2 is 2.52 bits per heavy atom. The van der Waals surface area contributed by atoms with Crippen molar-refractivity contribution < 1.29 is 14.3 Å². The first kappa shape index (κ1) is 16.4. The van der Waals surface area contributed by atoms with Crippen LogP contribution in [0.2, 0.25) is 0 Å². The van der Waals surface area contributed by atoms with Gasteiger partial charge in [-0.1, -0.05) is 6.07 Å². The van der Waals surface area contributed by atoms with E-state index in [0.29, 0.717) is 6.61 Å². The number of pyridine rings is 1. The Bertz CT molecular complexity index is 525. The van der Waals surface area contributed by atoms with E-state index in [0.717, 1.165) is 38.9 Å². The second kappa shape index (κ2) is 7.38. The Kier molecular flexibility index (Phi) is 5.25. The molecule has 2 aliphatic heterocycles. The Morgan fingerprint density at radius 1 is 1.61 bits per heavy atom. The van der Waals surface area contributed by atoms with Crippen LogP contribution < -0.4 is 5.32 Å².